The Kier molecular flexibility index (Phi) is 4.25. The first kappa shape index (κ1) is 16.7. The molecule has 3 heterocycles. The Morgan fingerprint density at radius 2 is 1.93 bits per heavy atom. The largest absolute Gasteiger partial charge is 0.342 e. The number of pyridine rings is 1. The lowest BCUT2D eigenvalue weighted by molar-refractivity contribution is -0.120. The normalized spacial score (nSPS) is 16.8. The second kappa shape index (κ2) is 6.87. The second-order valence-corrected chi connectivity index (χ2v) is 6.00. The number of aromatic nitrogens is 3. The number of anilines is 1. The molecule has 9 nitrogen and oxygen atoms in total. The topological polar surface area (TPSA) is 104 Å². The smallest absolute Gasteiger partial charge is 0.288 e. The summed E-state index contributed by atoms with van der Waals surface area (Å²) in [7, 11) is 0. The van der Waals surface area contributed by atoms with Crippen molar-refractivity contribution in [1.29, 1.82) is 0 Å². The monoisotopic (exact) mass is 363 g/mol. The van der Waals surface area contributed by atoms with E-state index in [1.807, 2.05) is 42.6 Å². The number of nitrogens with one attached hydrogen (secondary N) is 2. The first-order valence-corrected chi connectivity index (χ1v) is 8.44. The van der Waals surface area contributed by atoms with Crippen LogP contribution in [0, 0.1) is 0 Å². The number of hydrazine groups is 1. The number of aliphatic imine (C=N–C) groups is 1. The van der Waals surface area contributed by atoms with Gasteiger partial charge in [-0.05, 0) is 31.2 Å². The number of rotatable bonds is 4. The molecule has 1 aliphatic rings. The van der Waals surface area contributed by atoms with Gasteiger partial charge in [0, 0.05) is 6.20 Å². The highest BCUT2D eigenvalue weighted by Crippen LogP contribution is 2.15. The molecule has 3 aromatic rings. The number of hydrogen-bond acceptors (Lipinski definition) is 6. The molecule has 1 aliphatic heterocycles. The highest BCUT2D eigenvalue weighted by molar-refractivity contribution is 6.39. The Balaban J connectivity index is 1.49. The summed E-state index contributed by atoms with van der Waals surface area (Å²) in [6.45, 7) is 1.83. The molecule has 0 spiro atoms. The van der Waals surface area contributed by atoms with Crippen LogP contribution in [0.3, 0.4) is 0 Å². The highest BCUT2D eigenvalue weighted by atomic mass is 16.2. The first-order chi connectivity index (χ1) is 13.1. The standard InChI is InChI=1S/C18H17N7O2/c1-12-18(27)25(13-7-3-2-4-8-13)23-16(20-12)17(26)19-11-15-22-21-14-9-5-6-10-24(14)15/h2-10,12H,11H2,1H3,(H,19,26)(H,20,23). The zero-order chi connectivity index (χ0) is 18.8. The zero-order valence-corrected chi connectivity index (χ0v) is 14.5. The van der Waals surface area contributed by atoms with Gasteiger partial charge in [0.1, 0.15) is 6.04 Å². The molecular weight excluding hydrogens is 346 g/mol. The van der Waals surface area contributed by atoms with Gasteiger partial charge in [-0.1, -0.05) is 24.3 Å². The van der Waals surface area contributed by atoms with E-state index in [0.29, 0.717) is 17.2 Å². The zero-order valence-electron chi connectivity index (χ0n) is 14.5. The predicted octanol–water partition coefficient (Wildman–Crippen LogP) is 0.684. The van der Waals surface area contributed by atoms with Gasteiger partial charge in [0.05, 0.1) is 12.2 Å². The van der Waals surface area contributed by atoms with Crippen LogP contribution in [0.1, 0.15) is 12.7 Å². The van der Waals surface area contributed by atoms with Crippen molar-refractivity contribution in [2.45, 2.75) is 19.5 Å². The maximum Gasteiger partial charge on any atom is 0.288 e. The van der Waals surface area contributed by atoms with Crippen molar-refractivity contribution in [2.24, 2.45) is 4.99 Å². The van der Waals surface area contributed by atoms with Crippen molar-refractivity contribution in [1.82, 2.24) is 25.3 Å². The fraction of sp³-hybridized carbons (Fsp3) is 0.167. The number of benzene rings is 1. The van der Waals surface area contributed by atoms with Gasteiger partial charge in [-0.15, -0.1) is 10.2 Å². The van der Waals surface area contributed by atoms with Crippen molar-refractivity contribution >= 4 is 29.0 Å². The molecule has 0 radical (unpaired) electrons. The van der Waals surface area contributed by atoms with Crippen molar-refractivity contribution in [3.8, 4) is 0 Å². The lowest BCUT2D eigenvalue weighted by Gasteiger charge is -2.30. The van der Waals surface area contributed by atoms with Gasteiger partial charge in [-0.2, -0.15) is 0 Å². The first-order valence-electron chi connectivity index (χ1n) is 8.44. The fourth-order valence-corrected chi connectivity index (χ4v) is 2.76. The number of carbonyl (C=O) groups is 2. The van der Waals surface area contributed by atoms with Crippen molar-refractivity contribution in [2.75, 3.05) is 5.01 Å². The number of amidine groups is 1. The molecule has 136 valence electrons. The van der Waals surface area contributed by atoms with Crippen molar-refractivity contribution in [3.05, 3.63) is 60.6 Å². The molecule has 1 atom stereocenters. The fourth-order valence-electron chi connectivity index (χ4n) is 2.76. The van der Waals surface area contributed by atoms with Gasteiger partial charge < -0.3 is 5.32 Å². The number of hydrogen-bond donors (Lipinski definition) is 2. The number of para-hydroxylation sites is 1. The molecule has 9 heteroatoms. The van der Waals surface area contributed by atoms with Crippen LogP contribution in [0.25, 0.3) is 5.65 Å². The van der Waals surface area contributed by atoms with Gasteiger partial charge in [-0.3, -0.25) is 19.4 Å². The van der Waals surface area contributed by atoms with E-state index < -0.39 is 11.9 Å². The van der Waals surface area contributed by atoms with E-state index >= 15 is 0 Å². The maximum absolute atomic E-state index is 12.6. The third kappa shape index (κ3) is 3.22. The summed E-state index contributed by atoms with van der Waals surface area (Å²) in [5, 5.41) is 12.2. The van der Waals surface area contributed by atoms with E-state index in [2.05, 4.69) is 25.9 Å². The summed E-state index contributed by atoms with van der Waals surface area (Å²) in [4.78, 5) is 29.1. The van der Waals surface area contributed by atoms with Crippen LogP contribution in [0.5, 0.6) is 0 Å². The Bertz CT molecular complexity index is 1030. The average molecular weight is 363 g/mol. The summed E-state index contributed by atoms with van der Waals surface area (Å²) < 4.78 is 1.79. The van der Waals surface area contributed by atoms with E-state index in [4.69, 9.17) is 0 Å². The second-order valence-electron chi connectivity index (χ2n) is 6.00. The molecule has 1 aromatic carbocycles. The number of carbonyl (C=O) groups excluding carboxylic acids is 2. The van der Waals surface area contributed by atoms with E-state index in [1.165, 1.54) is 5.01 Å². The number of nitrogens with zero attached hydrogens (tertiary/aromatic N) is 5. The molecule has 2 N–H and O–H groups in total. The van der Waals surface area contributed by atoms with Gasteiger partial charge in [0.15, 0.2) is 11.5 Å². The van der Waals surface area contributed by atoms with Crippen LogP contribution >= 0.6 is 0 Å². The molecule has 0 saturated carbocycles. The SMILES string of the molecule is CC1N=C(C(=O)NCc2nnc3ccccn23)NN(c2ccccc2)C1=O. The average Bonchev–Trinajstić information content (AvgIpc) is 3.12. The van der Waals surface area contributed by atoms with Crippen molar-refractivity contribution in [3.63, 3.8) is 0 Å². The minimum atomic E-state index is -0.666. The molecule has 0 bridgehead atoms. The minimum absolute atomic E-state index is 0.0692. The Morgan fingerprint density at radius 1 is 1.15 bits per heavy atom. The molecule has 2 amide bonds. The molecule has 0 fully saturated rings. The Labute approximate surface area is 154 Å². The number of fused-ring (bicyclic) bond motifs is 1. The van der Waals surface area contributed by atoms with Crippen LogP contribution in [0.2, 0.25) is 0 Å². The lowest BCUT2D eigenvalue weighted by atomic mass is 10.2. The molecule has 0 aliphatic carbocycles. The Morgan fingerprint density at radius 3 is 2.74 bits per heavy atom. The molecular formula is C18H17N7O2. The van der Waals surface area contributed by atoms with Crippen LogP contribution in [0.4, 0.5) is 5.69 Å². The summed E-state index contributed by atoms with van der Waals surface area (Å²) in [5.74, 6) is 0.00309. The third-order valence-corrected chi connectivity index (χ3v) is 4.14. The molecule has 2 aromatic heterocycles. The molecule has 0 saturated heterocycles. The quantitative estimate of drug-likeness (QED) is 0.710. The Hall–Kier alpha value is -3.75. The molecule has 1 unspecified atom stereocenters. The molecule has 4 rings (SSSR count). The highest BCUT2D eigenvalue weighted by Gasteiger charge is 2.30. The summed E-state index contributed by atoms with van der Waals surface area (Å²) in [5.41, 5.74) is 4.13. The van der Waals surface area contributed by atoms with Crippen LogP contribution < -0.4 is 15.8 Å². The van der Waals surface area contributed by atoms with Crippen LogP contribution in [-0.2, 0) is 16.1 Å². The summed E-state index contributed by atoms with van der Waals surface area (Å²) >= 11 is 0. The van der Waals surface area contributed by atoms with Gasteiger partial charge >= 0.3 is 0 Å². The predicted molar refractivity (Wildman–Crippen MR) is 98.8 cm³/mol. The van der Waals surface area contributed by atoms with Crippen LogP contribution in [-0.4, -0.2) is 38.3 Å². The lowest BCUT2D eigenvalue weighted by Crippen LogP contribution is -2.58. The van der Waals surface area contributed by atoms with Gasteiger partial charge in [0.25, 0.3) is 11.8 Å². The van der Waals surface area contributed by atoms with E-state index in [-0.39, 0.29) is 18.3 Å². The van der Waals surface area contributed by atoms with Gasteiger partial charge in [-0.25, -0.2) is 10.0 Å². The van der Waals surface area contributed by atoms with E-state index in [9.17, 15) is 9.59 Å². The van der Waals surface area contributed by atoms with Gasteiger partial charge in [0.2, 0.25) is 5.84 Å². The third-order valence-electron chi connectivity index (χ3n) is 4.14. The van der Waals surface area contributed by atoms with E-state index in [0.717, 1.165) is 0 Å². The van der Waals surface area contributed by atoms with Crippen LogP contribution in [0.15, 0.2) is 59.7 Å². The summed E-state index contributed by atoms with van der Waals surface area (Å²) in [6.07, 6.45) is 1.82. The maximum atomic E-state index is 12.6. The minimum Gasteiger partial charge on any atom is -0.342 e. The molecule has 27 heavy (non-hydrogen) atoms. The van der Waals surface area contributed by atoms with Crippen molar-refractivity contribution < 1.29 is 9.59 Å². The van der Waals surface area contributed by atoms with E-state index in [1.54, 1.807) is 23.5 Å². The number of amides is 2. The summed E-state index contributed by atoms with van der Waals surface area (Å²) in [6, 6.07) is 13.9.